The molecule has 5 aromatic rings. The Hall–Kier alpha value is -4.52. The zero-order valence-electron chi connectivity index (χ0n) is 21.2. The number of hydrogen-bond acceptors (Lipinski definition) is 8. The van der Waals surface area contributed by atoms with Crippen LogP contribution in [0.3, 0.4) is 0 Å². The van der Waals surface area contributed by atoms with Crippen LogP contribution in [0.2, 0.25) is 0 Å². The number of nitrogens with zero attached hydrogens (tertiary/aromatic N) is 8. The van der Waals surface area contributed by atoms with E-state index in [2.05, 4.69) is 36.1 Å². The minimum Gasteiger partial charge on any atom is -0.378 e. The molecule has 1 saturated heterocycles. The van der Waals surface area contributed by atoms with E-state index in [1.54, 1.807) is 28.2 Å². The van der Waals surface area contributed by atoms with Gasteiger partial charge in [-0.05, 0) is 42.3 Å². The second-order valence-electron chi connectivity index (χ2n) is 9.70. The van der Waals surface area contributed by atoms with Crippen LogP contribution in [0.1, 0.15) is 28.6 Å². The van der Waals surface area contributed by atoms with Crippen molar-refractivity contribution in [2.75, 3.05) is 42.6 Å². The number of halogens is 3. The van der Waals surface area contributed by atoms with Gasteiger partial charge in [-0.1, -0.05) is 0 Å². The average Bonchev–Trinajstić information content (AvgIpc) is 3.65. The third-order valence-corrected chi connectivity index (χ3v) is 7.34. The molecule has 1 atom stereocenters. The van der Waals surface area contributed by atoms with Gasteiger partial charge in [-0.2, -0.15) is 18.3 Å². The monoisotopic (exact) mass is 547 g/mol. The highest BCUT2D eigenvalue weighted by atomic mass is 19.4. The third kappa shape index (κ3) is 4.31. The number of ether oxygens (including phenoxy) is 1. The van der Waals surface area contributed by atoms with E-state index >= 15 is 0 Å². The van der Waals surface area contributed by atoms with Crippen LogP contribution >= 0.6 is 0 Å². The highest BCUT2D eigenvalue weighted by molar-refractivity contribution is 5.87. The summed E-state index contributed by atoms with van der Waals surface area (Å²) in [5.41, 5.74) is 3.50. The van der Waals surface area contributed by atoms with E-state index in [1.165, 1.54) is 0 Å². The minimum atomic E-state index is -4.58. The summed E-state index contributed by atoms with van der Waals surface area (Å²) in [6.07, 6.45) is 4.22. The van der Waals surface area contributed by atoms with Gasteiger partial charge in [0.2, 0.25) is 11.9 Å². The first-order valence-corrected chi connectivity index (χ1v) is 12.9. The third-order valence-electron chi connectivity index (χ3n) is 7.34. The smallest absolute Gasteiger partial charge is 0.378 e. The predicted molar refractivity (Wildman–Crippen MR) is 140 cm³/mol. The fourth-order valence-electron chi connectivity index (χ4n) is 5.45. The molecule has 0 saturated carbocycles. The maximum absolute atomic E-state index is 13.6. The molecule has 2 aliphatic rings. The van der Waals surface area contributed by atoms with Crippen molar-refractivity contribution in [3.8, 4) is 5.69 Å². The molecule has 1 unspecified atom stereocenters. The Balaban J connectivity index is 1.34. The Morgan fingerprint density at radius 3 is 2.52 bits per heavy atom. The molecule has 2 aliphatic heterocycles. The zero-order valence-corrected chi connectivity index (χ0v) is 21.2. The van der Waals surface area contributed by atoms with Gasteiger partial charge in [0.1, 0.15) is 11.7 Å². The van der Waals surface area contributed by atoms with Gasteiger partial charge in [-0.15, -0.1) is 0 Å². The van der Waals surface area contributed by atoms with Crippen LogP contribution in [0.25, 0.3) is 16.6 Å². The second kappa shape index (κ2) is 9.59. The van der Waals surface area contributed by atoms with Crippen molar-refractivity contribution >= 4 is 22.8 Å². The van der Waals surface area contributed by atoms with E-state index in [9.17, 15) is 13.2 Å². The summed E-state index contributed by atoms with van der Waals surface area (Å²) in [6.45, 7) is 3.00. The van der Waals surface area contributed by atoms with Gasteiger partial charge in [-0.25, -0.2) is 24.6 Å². The lowest BCUT2D eigenvalue weighted by atomic mass is 9.94. The summed E-state index contributed by atoms with van der Waals surface area (Å²) in [5, 5.41) is 5.37. The van der Waals surface area contributed by atoms with Crippen molar-refractivity contribution in [2.24, 2.45) is 0 Å². The standard InChI is InChI=1S/C27H24F3N9O/c28-27(29,30)22-4-7-31-26(36-22)38-9-5-19-20-14-18(39-8-1-6-34-39)2-3-21(20)35-23(19)24(38)17-15-32-25(33-16-17)37-10-12-40-13-11-37/h1-4,6-8,14-16,24,35H,5,9-13H2. The highest BCUT2D eigenvalue weighted by Crippen LogP contribution is 2.40. The number of morpholine rings is 1. The number of aromatic nitrogens is 7. The molecule has 7 rings (SSSR count). The number of fused-ring (bicyclic) bond motifs is 3. The lowest BCUT2D eigenvalue weighted by molar-refractivity contribution is -0.141. The SMILES string of the molecule is FC(F)(F)c1ccnc(N2CCc3c([nH]c4ccc(-n5cccn5)cc34)C2c2cnc(N3CCOCC3)nc2)n1. The van der Waals surface area contributed by atoms with Gasteiger partial charge in [0, 0.05) is 72.8 Å². The predicted octanol–water partition coefficient (Wildman–Crippen LogP) is 3.94. The van der Waals surface area contributed by atoms with Gasteiger partial charge in [-0.3, -0.25) is 0 Å². The van der Waals surface area contributed by atoms with E-state index in [0.29, 0.717) is 45.2 Å². The van der Waals surface area contributed by atoms with Crippen molar-refractivity contribution in [3.05, 3.63) is 83.8 Å². The number of rotatable bonds is 4. The number of aromatic amines is 1. The van der Waals surface area contributed by atoms with E-state index < -0.39 is 17.9 Å². The molecule has 0 bridgehead atoms. The van der Waals surface area contributed by atoms with Crippen molar-refractivity contribution in [3.63, 3.8) is 0 Å². The van der Waals surface area contributed by atoms with Crippen LogP contribution in [0, 0.1) is 0 Å². The molecule has 0 radical (unpaired) electrons. The molecule has 40 heavy (non-hydrogen) atoms. The molecule has 10 nitrogen and oxygen atoms in total. The van der Waals surface area contributed by atoms with E-state index in [-0.39, 0.29) is 5.95 Å². The van der Waals surface area contributed by atoms with Crippen molar-refractivity contribution in [2.45, 2.75) is 18.6 Å². The van der Waals surface area contributed by atoms with Crippen LogP contribution in [-0.4, -0.2) is 67.5 Å². The first-order valence-electron chi connectivity index (χ1n) is 12.9. The van der Waals surface area contributed by atoms with E-state index in [1.807, 2.05) is 29.3 Å². The number of benzene rings is 1. The fraction of sp³-hybridized carbons (Fsp3) is 0.296. The van der Waals surface area contributed by atoms with Crippen LogP contribution in [0.5, 0.6) is 0 Å². The number of anilines is 2. The van der Waals surface area contributed by atoms with Crippen LogP contribution in [-0.2, 0) is 17.3 Å². The Bertz CT molecular complexity index is 1640. The molecule has 0 amide bonds. The number of H-pyrrole nitrogens is 1. The van der Waals surface area contributed by atoms with Gasteiger partial charge >= 0.3 is 6.18 Å². The van der Waals surface area contributed by atoms with Crippen molar-refractivity contribution in [1.29, 1.82) is 0 Å². The molecule has 0 spiro atoms. The van der Waals surface area contributed by atoms with Gasteiger partial charge in [0.05, 0.1) is 18.9 Å². The molecule has 6 heterocycles. The van der Waals surface area contributed by atoms with Crippen LogP contribution < -0.4 is 9.80 Å². The lowest BCUT2D eigenvalue weighted by Crippen LogP contribution is -2.38. The Morgan fingerprint density at radius 1 is 0.950 bits per heavy atom. The first-order chi connectivity index (χ1) is 19.5. The number of hydrogen-bond donors (Lipinski definition) is 1. The lowest BCUT2D eigenvalue weighted by Gasteiger charge is -2.36. The Morgan fingerprint density at radius 2 is 1.77 bits per heavy atom. The molecule has 0 aliphatic carbocycles. The molecule has 1 fully saturated rings. The van der Waals surface area contributed by atoms with Crippen molar-refractivity contribution in [1.82, 2.24) is 34.7 Å². The maximum Gasteiger partial charge on any atom is 0.433 e. The Kier molecular flexibility index (Phi) is 5.88. The van der Waals surface area contributed by atoms with E-state index in [0.717, 1.165) is 45.7 Å². The van der Waals surface area contributed by atoms with Crippen molar-refractivity contribution < 1.29 is 17.9 Å². The summed E-state index contributed by atoms with van der Waals surface area (Å²) in [6, 6.07) is 8.26. The summed E-state index contributed by atoms with van der Waals surface area (Å²) in [5.74, 6) is 0.587. The number of nitrogens with one attached hydrogen (secondary N) is 1. The molecule has 13 heteroatoms. The molecule has 1 N–H and O–H groups in total. The molecule has 4 aromatic heterocycles. The topological polar surface area (TPSA) is 101 Å². The average molecular weight is 548 g/mol. The quantitative estimate of drug-likeness (QED) is 0.361. The Labute approximate surface area is 226 Å². The summed E-state index contributed by atoms with van der Waals surface area (Å²) < 4.78 is 47.9. The number of alkyl halides is 3. The normalized spacial score (nSPS) is 17.8. The van der Waals surface area contributed by atoms with Gasteiger partial charge in [0.25, 0.3) is 0 Å². The van der Waals surface area contributed by atoms with Gasteiger partial charge < -0.3 is 19.5 Å². The summed E-state index contributed by atoms with van der Waals surface area (Å²) in [7, 11) is 0. The molecular weight excluding hydrogens is 523 g/mol. The van der Waals surface area contributed by atoms with Crippen LogP contribution in [0.4, 0.5) is 25.1 Å². The van der Waals surface area contributed by atoms with Gasteiger partial charge in [0.15, 0.2) is 0 Å². The summed E-state index contributed by atoms with van der Waals surface area (Å²) >= 11 is 0. The maximum atomic E-state index is 13.6. The largest absolute Gasteiger partial charge is 0.433 e. The minimum absolute atomic E-state index is 0.00128. The highest BCUT2D eigenvalue weighted by Gasteiger charge is 2.37. The fourth-order valence-corrected chi connectivity index (χ4v) is 5.45. The first kappa shape index (κ1) is 24.5. The second-order valence-corrected chi connectivity index (χ2v) is 9.70. The summed E-state index contributed by atoms with van der Waals surface area (Å²) in [4.78, 5) is 24.8. The molecule has 1 aromatic carbocycles. The molecular formula is C27H24F3N9O. The molecule has 204 valence electrons. The van der Waals surface area contributed by atoms with Crippen LogP contribution in [0.15, 0.2) is 61.3 Å². The zero-order chi connectivity index (χ0) is 27.3. The van der Waals surface area contributed by atoms with E-state index in [4.69, 9.17) is 4.74 Å².